The first kappa shape index (κ1) is 23.3. The average molecular weight is 470 g/mol. The summed E-state index contributed by atoms with van der Waals surface area (Å²) in [4.78, 5) is 29.8. The summed E-state index contributed by atoms with van der Waals surface area (Å²) in [5.74, 6) is -5.49. The Labute approximate surface area is 180 Å². The molecule has 0 aliphatic heterocycles. The molecule has 0 radical (unpaired) electrons. The van der Waals surface area contributed by atoms with Gasteiger partial charge < -0.3 is 15.2 Å². The van der Waals surface area contributed by atoms with Gasteiger partial charge in [-0.15, -0.1) is 13.2 Å². The highest BCUT2D eigenvalue weighted by Crippen LogP contribution is 2.31. The molecule has 1 unspecified atom stereocenters. The lowest BCUT2D eigenvalue weighted by Crippen LogP contribution is -2.31. The van der Waals surface area contributed by atoms with Gasteiger partial charge in [-0.1, -0.05) is 6.07 Å². The predicted octanol–water partition coefficient (Wildman–Crippen LogP) is 3.79. The van der Waals surface area contributed by atoms with Crippen molar-refractivity contribution < 1.29 is 41.5 Å². The number of hydrogen-bond donors (Lipinski definition) is 2. The molecule has 0 bridgehead atoms. The number of benzene rings is 1. The lowest BCUT2D eigenvalue weighted by molar-refractivity contribution is -0.386. The number of rotatable bonds is 6. The van der Waals surface area contributed by atoms with Crippen LogP contribution in [-0.4, -0.2) is 32.3 Å². The van der Waals surface area contributed by atoms with Crippen molar-refractivity contribution in [1.29, 1.82) is 0 Å². The van der Waals surface area contributed by atoms with Crippen molar-refractivity contribution in [3.8, 4) is 11.5 Å². The van der Waals surface area contributed by atoms with E-state index in [0.29, 0.717) is 24.4 Å². The standard InChI is InChI=1S/C19H11F5N4O5/c20-10-2-1-5-25-17(10)16(9-3-4-15(11(21)6-9)33-19(22,23)24)27-18(30)12-7-14(29)13(8-26-12)28(31)32/h1-8,16H,(H,26,29)(H,27,30). The first-order valence-electron chi connectivity index (χ1n) is 8.76. The summed E-state index contributed by atoms with van der Waals surface area (Å²) >= 11 is 0. The second-order valence-electron chi connectivity index (χ2n) is 6.33. The van der Waals surface area contributed by atoms with Crippen LogP contribution in [0.3, 0.4) is 0 Å². The van der Waals surface area contributed by atoms with Crippen LogP contribution in [0.25, 0.3) is 0 Å². The van der Waals surface area contributed by atoms with Gasteiger partial charge >= 0.3 is 12.0 Å². The van der Waals surface area contributed by atoms with E-state index in [4.69, 9.17) is 0 Å². The molecule has 2 N–H and O–H groups in total. The molecule has 0 saturated carbocycles. The first-order chi connectivity index (χ1) is 15.5. The zero-order valence-corrected chi connectivity index (χ0v) is 16.0. The van der Waals surface area contributed by atoms with Crippen molar-refractivity contribution in [3.63, 3.8) is 0 Å². The number of amides is 1. The largest absolute Gasteiger partial charge is 0.573 e. The molecule has 0 aliphatic rings. The monoisotopic (exact) mass is 470 g/mol. The van der Waals surface area contributed by atoms with Crippen molar-refractivity contribution in [1.82, 2.24) is 15.3 Å². The number of pyridine rings is 2. The highest BCUT2D eigenvalue weighted by Gasteiger charge is 2.33. The van der Waals surface area contributed by atoms with Gasteiger partial charge in [0, 0.05) is 12.3 Å². The molecule has 172 valence electrons. The summed E-state index contributed by atoms with van der Waals surface area (Å²) in [6.07, 6.45) is -3.39. The molecule has 1 atom stereocenters. The molecular weight excluding hydrogens is 459 g/mol. The van der Waals surface area contributed by atoms with Crippen LogP contribution in [0.15, 0.2) is 48.8 Å². The minimum atomic E-state index is -5.16. The van der Waals surface area contributed by atoms with E-state index in [9.17, 15) is 42.0 Å². The minimum Gasteiger partial charge on any atom is -0.502 e. The molecule has 3 rings (SSSR count). The number of aromatic nitrogens is 2. The van der Waals surface area contributed by atoms with Gasteiger partial charge in [0.05, 0.1) is 11.0 Å². The van der Waals surface area contributed by atoms with Crippen molar-refractivity contribution in [2.45, 2.75) is 12.4 Å². The maximum absolute atomic E-state index is 14.4. The lowest BCUT2D eigenvalue weighted by atomic mass is 10.0. The van der Waals surface area contributed by atoms with Crippen molar-refractivity contribution in [2.75, 3.05) is 0 Å². The Kier molecular flexibility index (Phi) is 6.37. The number of hydrogen-bond acceptors (Lipinski definition) is 7. The van der Waals surface area contributed by atoms with E-state index in [-0.39, 0.29) is 5.56 Å². The molecule has 1 amide bonds. The molecule has 9 nitrogen and oxygen atoms in total. The number of alkyl halides is 3. The molecule has 14 heteroatoms. The van der Waals surface area contributed by atoms with Gasteiger partial charge in [0.2, 0.25) is 0 Å². The molecule has 0 aliphatic carbocycles. The van der Waals surface area contributed by atoms with E-state index in [1.807, 2.05) is 0 Å². The molecule has 0 spiro atoms. The molecular formula is C19H11F5N4O5. The fraction of sp³-hybridized carbons (Fsp3) is 0.105. The van der Waals surface area contributed by atoms with Crippen LogP contribution >= 0.6 is 0 Å². The second kappa shape index (κ2) is 9.02. The Morgan fingerprint density at radius 2 is 1.88 bits per heavy atom. The van der Waals surface area contributed by atoms with Crippen molar-refractivity contribution in [2.24, 2.45) is 0 Å². The number of ether oxygens (including phenoxy) is 1. The maximum atomic E-state index is 14.4. The SMILES string of the molecule is O=C(NC(c1ccc(OC(F)(F)F)c(F)c1)c1ncccc1F)c1cc(O)c([N+](=O)[O-])cn1. The van der Waals surface area contributed by atoms with Crippen LogP contribution in [0, 0.1) is 21.7 Å². The summed E-state index contributed by atoms with van der Waals surface area (Å²) in [7, 11) is 0. The Morgan fingerprint density at radius 1 is 1.15 bits per heavy atom. The Hall–Kier alpha value is -4.36. The Balaban J connectivity index is 1.99. The van der Waals surface area contributed by atoms with E-state index in [0.717, 1.165) is 18.3 Å². The van der Waals surface area contributed by atoms with E-state index >= 15 is 0 Å². The Bertz CT molecular complexity index is 1220. The quantitative estimate of drug-likeness (QED) is 0.319. The second-order valence-corrected chi connectivity index (χ2v) is 6.33. The van der Waals surface area contributed by atoms with Gasteiger partial charge in [-0.05, 0) is 29.8 Å². The van der Waals surface area contributed by atoms with Crippen LogP contribution in [0.5, 0.6) is 11.5 Å². The molecule has 0 fully saturated rings. The number of aromatic hydroxyl groups is 1. The minimum absolute atomic E-state index is 0.209. The topological polar surface area (TPSA) is 127 Å². The summed E-state index contributed by atoms with van der Waals surface area (Å²) in [5.41, 5.74) is -1.92. The van der Waals surface area contributed by atoms with Crippen LogP contribution in [0.1, 0.15) is 27.8 Å². The summed E-state index contributed by atoms with van der Waals surface area (Å²) in [6, 6.07) is 3.54. The summed E-state index contributed by atoms with van der Waals surface area (Å²) in [5, 5.41) is 22.7. The van der Waals surface area contributed by atoms with Gasteiger partial charge in [0.1, 0.15) is 23.4 Å². The lowest BCUT2D eigenvalue weighted by Gasteiger charge is -2.20. The third-order valence-electron chi connectivity index (χ3n) is 4.14. The molecule has 2 aromatic heterocycles. The predicted molar refractivity (Wildman–Crippen MR) is 99.1 cm³/mol. The van der Waals surface area contributed by atoms with Gasteiger partial charge in [-0.3, -0.25) is 19.9 Å². The van der Waals surface area contributed by atoms with Crippen LogP contribution < -0.4 is 10.1 Å². The van der Waals surface area contributed by atoms with Crippen LogP contribution in [0.4, 0.5) is 27.6 Å². The molecule has 3 aromatic rings. The fourth-order valence-electron chi connectivity index (χ4n) is 2.73. The van der Waals surface area contributed by atoms with Crippen LogP contribution in [0.2, 0.25) is 0 Å². The maximum Gasteiger partial charge on any atom is 0.573 e. The first-order valence-corrected chi connectivity index (χ1v) is 8.76. The molecule has 0 saturated heterocycles. The van der Waals surface area contributed by atoms with E-state index in [2.05, 4.69) is 20.0 Å². The normalized spacial score (nSPS) is 12.2. The number of nitrogens with one attached hydrogen (secondary N) is 1. The average Bonchev–Trinajstić information content (AvgIpc) is 2.72. The van der Waals surface area contributed by atoms with Gasteiger partial charge in [-0.25, -0.2) is 13.8 Å². The zero-order chi connectivity index (χ0) is 24.3. The van der Waals surface area contributed by atoms with E-state index in [1.54, 1.807) is 0 Å². The molecule has 1 aromatic carbocycles. The third kappa shape index (κ3) is 5.47. The van der Waals surface area contributed by atoms with Gasteiger partial charge in [0.15, 0.2) is 17.3 Å². The van der Waals surface area contributed by atoms with Gasteiger partial charge in [0.25, 0.3) is 5.91 Å². The number of carbonyl (C=O) groups excluding carboxylic acids is 1. The number of nitro groups is 1. The third-order valence-corrected chi connectivity index (χ3v) is 4.14. The number of nitrogens with zero attached hydrogens (tertiary/aromatic N) is 3. The van der Waals surface area contributed by atoms with Crippen LogP contribution in [-0.2, 0) is 0 Å². The number of halogens is 5. The number of carbonyl (C=O) groups is 1. The van der Waals surface area contributed by atoms with Gasteiger partial charge in [-0.2, -0.15) is 0 Å². The van der Waals surface area contributed by atoms with E-state index < -0.39 is 63.4 Å². The summed E-state index contributed by atoms with van der Waals surface area (Å²) in [6.45, 7) is 0. The highest BCUT2D eigenvalue weighted by atomic mass is 19.4. The molecule has 33 heavy (non-hydrogen) atoms. The molecule has 2 heterocycles. The zero-order valence-electron chi connectivity index (χ0n) is 16.0. The Morgan fingerprint density at radius 3 is 2.45 bits per heavy atom. The smallest absolute Gasteiger partial charge is 0.502 e. The van der Waals surface area contributed by atoms with Crippen molar-refractivity contribution in [3.05, 3.63) is 87.5 Å². The van der Waals surface area contributed by atoms with Crippen molar-refractivity contribution >= 4 is 11.6 Å². The summed E-state index contributed by atoms with van der Waals surface area (Å²) < 4.78 is 69.3. The fourth-order valence-corrected chi connectivity index (χ4v) is 2.73. The van der Waals surface area contributed by atoms with E-state index in [1.165, 1.54) is 6.07 Å². The highest BCUT2D eigenvalue weighted by molar-refractivity contribution is 5.93.